The van der Waals surface area contributed by atoms with Crippen molar-refractivity contribution in [2.45, 2.75) is 6.42 Å². The van der Waals surface area contributed by atoms with Gasteiger partial charge in [0.2, 0.25) is 0 Å². The van der Waals surface area contributed by atoms with Gasteiger partial charge in [0, 0.05) is 32.7 Å². The molecule has 4 heteroatoms. The highest BCUT2D eigenvalue weighted by molar-refractivity contribution is 5.56. The summed E-state index contributed by atoms with van der Waals surface area (Å²) in [6.07, 6.45) is 1.11. The van der Waals surface area contributed by atoms with Crippen LogP contribution in [0.1, 0.15) is 12.0 Å². The van der Waals surface area contributed by atoms with Gasteiger partial charge in [-0.3, -0.25) is 0 Å². The van der Waals surface area contributed by atoms with E-state index >= 15 is 0 Å². The van der Waals surface area contributed by atoms with Crippen LogP contribution in [0.5, 0.6) is 0 Å². The average Bonchev–Trinajstić information content (AvgIpc) is 2.46. The number of piperazine rings is 1. The summed E-state index contributed by atoms with van der Waals surface area (Å²) >= 11 is 0. The van der Waals surface area contributed by atoms with Crippen LogP contribution in [0.2, 0.25) is 0 Å². The van der Waals surface area contributed by atoms with Crippen LogP contribution >= 0.6 is 0 Å². The van der Waals surface area contributed by atoms with Crippen molar-refractivity contribution in [2.24, 2.45) is 0 Å². The van der Waals surface area contributed by atoms with Crippen molar-refractivity contribution in [3.63, 3.8) is 0 Å². The number of likely N-dealkylation sites (N-methyl/N-ethyl adjacent to an activating group) is 1. The summed E-state index contributed by atoms with van der Waals surface area (Å²) in [5.74, 6) is 0. The number of nitrogens with zero attached hydrogens (tertiary/aromatic N) is 3. The standard InChI is InChI=1S/C15H22N4/c1-18-9-11-19(12-10-18)8-4-7-17-15-6-3-2-5-14(15)13-16/h2-3,5-6,17H,4,7-12H2,1H3. The molecule has 2 rings (SSSR count). The van der Waals surface area contributed by atoms with Crippen molar-refractivity contribution in [3.05, 3.63) is 29.8 Å². The molecular formula is C15H22N4. The first-order valence-electron chi connectivity index (χ1n) is 6.93. The molecule has 1 heterocycles. The van der Waals surface area contributed by atoms with Crippen LogP contribution in [0.25, 0.3) is 0 Å². The van der Waals surface area contributed by atoms with E-state index < -0.39 is 0 Å². The van der Waals surface area contributed by atoms with Crippen molar-refractivity contribution < 1.29 is 0 Å². The Labute approximate surface area is 115 Å². The Hall–Kier alpha value is -1.57. The predicted octanol–water partition coefficient (Wildman–Crippen LogP) is 1.61. The van der Waals surface area contributed by atoms with Crippen LogP contribution < -0.4 is 5.32 Å². The molecule has 0 bridgehead atoms. The molecule has 102 valence electrons. The fraction of sp³-hybridized carbons (Fsp3) is 0.533. The first kappa shape index (κ1) is 13.9. The van der Waals surface area contributed by atoms with Crippen LogP contribution in [-0.2, 0) is 0 Å². The maximum absolute atomic E-state index is 9.00. The molecule has 1 aromatic rings. The molecule has 0 spiro atoms. The summed E-state index contributed by atoms with van der Waals surface area (Å²) in [6, 6.07) is 9.89. The van der Waals surface area contributed by atoms with Gasteiger partial charge >= 0.3 is 0 Å². The van der Waals surface area contributed by atoms with E-state index in [1.807, 2.05) is 24.3 Å². The van der Waals surface area contributed by atoms with Crippen LogP contribution in [0.15, 0.2) is 24.3 Å². The van der Waals surface area contributed by atoms with Gasteiger partial charge in [-0.15, -0.1) is 0 Å². The second kappa shape index (κ2) is 7.13. The van der Waals surface area contributed by atoms with Crippen molar-refractivity contribution in [2.75, 3.05) is 51.6 Å². The van der Waals surface area contributed by atoms with E-state index in [0.717, 1.165) is 30.8 Å². The number of para-hydroxylation sites is 1. The first-order valence-corrected chi connectivity index (χ1v) is 6.93. The highest BCUT2D eigenvalue weighted by Crippen LogP contribution is 2.13. The zero-order valence-electron chi connectivity index (χ0n) is 11.6. The van der Waals surface area contributed by atoms with Gasteiger partial charge in [-0.1, -0.05) is 12.1 Å². The molecule has 1 aromatic carbocycles. The Kier molecular flexibility index (Phi) is 5.20. The molecule has 1 fully saturated rings. The summed E-state index contributed by atoms with van der Waals surface area (Å²) in [5.41, 5.74) is 1.67. The van der Waals surface area contributed by atoms with Gasteiger partial charge in [-0.05, 0) is 32.1 Å². The predicted molar refractivity (Wildman–Crippen MR) is 78.2 cm³/mol. The number of hydrogen-bond donors (Lipinski definition) is 1. The highest BCUT2D eigenvalue weighted by atomic mass is 15.2. The molecule has 1 aliphatic rings. The number of hydrogen-bond acceptors (Lipinski definition) is 4. The smallest absolute Gasteiger partial charge is 0.101 e. The molecule has 1 N–H and O–H groups in total. The molecule has 0 saturated carbocycles. The third kappa shape index (κ3) is 4.23. The van der Waals surface area contributed by atoms with Crippen molar-refractivity contribution >= 4 is 5.69 Å². The topological polar surface area (TPSA) is 42.3 Å². The zero-order valence-corrected chi connectivity index (χ0v) is 11.6. The second-order valence-corrected chi connectivity index (χ2v) is 5.08. The summed E-state index contributed by atoms with van der Waals surface area (Å²) in [5, 5.41) is 12.4. The molecular weight excluding hydrogens is 236 g/mol. The first-order chi connectivity index (χ1) is 9.29. The molecule has 0 amide bonds. The molecule has 0 atom stereocenters. The minimum absolute atomic E-state index is 0.724. The largest absolute Gasteiger partial charge is 0.384 e. The van der Waals surface area contributed by atoms with E-state index in [0.29, 0.717) is 0 Å². The monoisotopic (exact) mass is 258 g/mol. The van der Waals surface area contributed by atoms with Crippen LogP contribution in [0.4, 0.5) is 5.69 Å². The average molecular weight is 258 g/mol. The molecule has 0 aromatic heterocycles. The summed E-state index contributed by atoms with van der Waals surface area (Å²) in [6.45, 7) is 6.74. The molecule has 4 nitrogen and oxygen atoms in total. The number of nitriles is 1. The van der Waals surface area contributed by atoms with Gasteiger partial charge in [-0.25, -0.2) is 0 Å². The maximum atomic E-state index is 9.00. The van der Waals surface area contributed by atoms with Crippen LogP contribution in [0, 0.1) is 11.3 Å². The quantitative estimate of drug-likeness (QED) is 0.815. The lowest BCUT2D eigenvalue weighted by Gasteiger charge is -2.32. The zero-order chi connectivity index (χ0) is 13.5. The Morgan fingerprint density at radius 3 is 2.68 bits per heavy atom. The summed E-state index contributed by atoms with van der Waals surface area (Å²) in [4.78, 5) is 4.88. The third-order valence-electron chi connectivity index (χ3n) is 3.61. The van der Waals surface area contributed by atoms with E-state index in [9.17, 15) is 0 Å². The minimum atomic E-state index is 0.724. The van der Waals surface area contributed by atoms with Crippen molar-refractivity contribution in [3.8, 4) is 6.07 Å². The Bertz CT molecular complexity index is 430. The van der Waals surface area contributed by atoms with Crippen molar-refractivity contribution in [1.29, 1.82) is 5.26 Å². The molecule has 19 heavy (non-hydrogen) atoms. The lowest BCUT2D eigenvalue weighted by molar-refractivity contribution is 0.154. The summed E-state index contributed by atoms with van der Waals surface area (Å²) in [7, 11) is 2.18. The SMILES string of the molecule is CN1CCN(CCCNc2ccccc2C#N)CC1. The molecule has 1 aliphatic heterocycles. The fourth-order valence-corrected chi connectivity index (χ4v) is 2.33. The fourth-order valence-electron chi connectivity index (χ4n) is 2.33. The lowest BCUT2D eigenvalue weighted by Crippen LogP contribution is -2.44. The second-order valence-electron chi connectivity index (χ2n) is 5.08. The lowest BCUT2D eigenvalue weighted by atomic mass is 10.2. The van der Waals surface area contributed by atoms with Gasteiger partial charge in [0.15, 0.2) is 0 Å². The molecule has 0 aliphatic carbocycles. The Morgan fingerprint density at radius 1 is 1.21 bits per heavy atom. The van der Waals surface area contributed by atoms with Gasteiger partial charge in [-0.2, -0.15) is 5.26 Å². The van der Waals surface area contributed by atoms with Gasteiger partial charge in [0.05, 0.1) is 11.3 Å². The number of rotatable bonds is 5. The van der Waals surface area contributed by atoms with Crippen molar-refractivity contribution in [1.82, 2.24) is 9.80 Å². The van der Waals surface area contributed by atoms with E-state index in [2.05, 4.69) is 28.2 Å². The third-order valence-corrected chi connectivity index (χ3v) is 3.61. The Balaban J connectivity index is 1.68. The van der Waals surface area contributed by atoms with E-state index in [4.69, 9.17) is 5.26 Å². The Morgan fingerprint density at radius 2 is 1.95 bits per heavy atom. The van der Waals surface area contributed by atoms with E-state index in [1.54, 1.807) is 0 Å². The molecule has 0 radical (unpaired) electrons. The van der Waals surface area contributed by atoms with E-state index in [-0.39, 0.29) is 0 Å². The van der Waals surface area contributed by atoms with Crippen LogP contribution in [-0.4, -0.2) is 56.1 Å². The van der Waals surface area contributed by atoms with E-state index in [1.165, 1.54) is 26.2 Å². The number of anilines is 1. The normalized spacial score (nSPS) is 17.1. The number of nitrogens with one attached hydrogen (secondary N) is 1. The van der Waals surface area contributed by atoms with Gasteiger partial charge in [0.1, 0.15) is 6.07 Å². The highest BCUT2D eigenvalue weighted by Gasteiger charge is 2.12. The molecule has 1 saturated heterocycles. The maximum Gasteiger partial charge on any atom is 0.101 e. The summed E-state index contributed by atoms with van der Waals surface area (Å²) < 4.78 is 0. The van der Waals surface area contributed by atoms with Gasteiger partial charge < -0.3 is 15.1 Å². The number of benzene rings is 1. The van der Waals surface area contributed by atoms with Gasteiger partial charge in [0.25, 0.3) is 0 Å². The van der Waals surface area contributed by atoms with Crippen LogP contribution in [0.3, 0.4) is 0 Å². The molecule has 0 unspecified atom stereocenters. The minimum Gasteiger partial charge on any atom is -0.384 e.